The third kappa shape index (κ3) is 3.82. The van der Waals surface area contributed by atoms with E-state index in [1.54, 1.807) is 30.3 Å². The van der Waals surface area contributed by atoms with Crippen LogP contribution in [0.3, 0.4) is 0 Å². The highest BCUT2D eigenvalue weighted by molar-refractivity contribution is 6.14. The molecule has 0 bridgehead atoms. The molecular weight excluding hydrogens is 324 g/mol. The lowest BCUT2D eigenvalue weighted by molar-refractivity contribution is -0.385. The summed E-state index contributed by atoms with van der Waals surface area (Å²) in [6.07, 6.45) is 1.25. The van der Waals surface area contributed by atoms with Gasteiger partial charge in [0, 0.05) is 17.2 Å². The number of ketones is 1. The Bertz CT molecular complexity index is 882. The number of carbonyl (C=O) groups excluding carboxylic acids is 1. The monoisotopic (exact) mass is 338 g/mol. The molecule has 2 rings (SSSR count). The summed E-state index contributed by atoms with van der Waals surface area (Å²) in [6.45, 7) is 0. The minimum absolute atomic E-state index is 0.132. The number of nitriles is 1. The van der Waals surface area contributed by atoms with Gasteiger partial charge in [0.1, 0.15) is 11.6 Å². The second kappa shape index (κ2) is 7.75. The van der Waals surface area contributed by atoms with Gasteiger partial charge in [0.2, 0.25) is 5.78 Å². The van der Waals surface area contributed by atoms with Crippen LogP contribution in [0.15, 0.2) is 48.0 Å². The molecule has 0 aliphatic carbocycles. The van der Waals surface area contributed by atoms with Crippen LogP contribution in [0, 0.1) is 21.4 Å². The fourth-order valence-electron chi connectivity index (χ4n) is 2.24. The topological polar surface area (TPSA) is 102 Å². The molecule has 2 aromatic rings. The van der Waals surface area contributed by atoms with Crippen LogP contribution >= 0.6 is 0 Å². The number of nitrogens with zero attached hydrogens (tertiary/aromatic N) is 2. The zero-order valence-corrected chi connectivity index (χ0v) is 13.6. The van der Waals surface area contributed by atoms with Gasteiger partial charge in [0.15, 0.2) is 11.5 Å². The molecule has 0 amide bonds. The SMILES string of the molecule is COc1cc([N+](=O)[O-])cc(/C=C(/C#N)C(=O)c2ccccc2)c1OC. The van der Waals surface area contributed by atoms with Crippen LogP contribution in [0.4, 0.5) is 5.69 Å². The van der Waals surface area contributed by atoms with Gasteiger partial charge in [-0.3, -0.25) is 14.9 Å². The summed E-state index contributed by atoms with van der Waals surface area (Å²) in [6, 6.07) is 12.5. The van der Waals surface area contributed by atoms with Gasteiger partial charge in [0.05, 0.1) is 25.2 Å². The minimum Gasteiger partial charge on any atom is -0.493 e. The molecule has 0 aliphatic rings. The lowest BCUT2D eigenvalue weighted by Gasteiger charge is -2.10. The smallest absolute Gasteiger partial charge is 0.274 e. The van der Waals surface area contributed by atoms with E-state index in [0.29, 0.717) is 5.56 Å². The van der Waals surface area contributed by atoms with Crippen molar-refractivity contribution in [2.45, 2.75) is 0 Å². The molecule has 0 saturated carbocycles. The highest BCUT2D eigenvalue weighted by atomic mass is 16.6. The molecule has 0 atom stereocenters. The number of Topliss-reactive ketones (excluding diaryl/α,β-unsaturated/α-hetero) is 1. The van der Waals surface area contributed by atoms with E-state index >= 15 is 0 Å². The average molecular weight is 338 g/mol. The highest BCUT2D eigenvalue weighted by Gasteiger charge is 2.19. The Kier molecular flexibility index (Phi) is 5.48. The zero-order valence-electron chi connectivity index (χ0n) is 13.6. The van der Waals surface area contributed by atoms with Crippen molar-refractivity contribution in [2.24, 2.45) is 0 Å². The Morgan fingerprint density at radius 3 is 2.40 bits per heavy atom. The van der Waals surface area contributed by atoms with Crippen molar-refractivity contribution >= 4 is 17.5 Å². The molecular formula is C18H14N2O5. The summed E-state index contributed by atoms with van der Waals surface area (Å²) in [5.41, 5.74) is 0.126. The standard InChI is InChI=1S/C18H14N2O5/c1-24-16-10-15(20(22)23)9-13(18(16)25-2)8-14(11-19)17(21)12-6-4-3-5-7-12/h3-10H,1-2H3/b14-8-. The second-order valence-electron chi connectivity index (χ2n) is 4.89. The fraction of sp³-hybridized carbons (Fsp3) is 0.111. The highest BCUT2D eigenvalue weighted by Crippen LogP contribution is 2.36. The van der Waals surface area contributed by atoms with Gasteiger partial charge in [-0.05, 0) is 6.08 Å². The first-order chi connectivity index (χ1) is 12.0. The molecule has 0 heterocycles. The second-order valence-corrected chi connectivity index (χ2v) is 4.89. The number of carbonyl (C=O) groups is 1. The summed E-state index contributed by atoms with van der Waals surface area (Å²) >= 11 is 0. The number of non-ortho nitro benzene ring substituents is 1. The Balaban J connectivity index is 2.60. The number of hydrogen-bond donors (Lipinski definition) is 0. The van der Waals surface area contributed by atoms with E-state index in [4.69, 9.17) is 9.47 Å². The van der Waals surface area contributed by atoms with Gasteiger partial charge in [-0.1, -0.05) is 30.3 Å². The Hall–Kier alpha value is -3.66. The van der Waals surface area contributed by atoms with Crippen LogP contribution in [0.5, 0.6) is 11.5 Å². The number of hydrogen-bond acceptors (Lipinski definition) is 6. The molecule has 25 heavy (non-hydrogen) atoms. The maximum absolute atomic E-state index is 12.5. The lowest BCUT2D eigenvalue weighted by Crippen LogP contribution is -2.02. The van der Waals surface area contributed by atoms with E-state index in [9.17, 15) is 20.2 Å². The number of nitro groups is 1. The summed E-state index contributed by atoms with van der Waals surface area (Å²) in [4.78, 5) is 23.0. The molecule has 0 radical (unpaired) electrons. The molecule has 0 saturated heterocycles. The largest absolute Gasteiger partial charge is 0.493 e. The van der Waals surface area contributed by atoms with Gasteiger partial charge in [-0.25, -0.2) is 0 Å². The Morgan fingerprint density at radius 2 is 1.88 bits per heavy atom. The molecule has 0 spiro atoms. The number of nitro benzene ring substituents is 1. The molecule has 126 valence electrons. The molecule has 0 N–H and O–H groups in total. The maximum atomic E-state index is 12.5. The third-order valence-electron chi connectivity index (χ3n) is 3.40. The van der Waals surface area contributed by atoms with E-state index in [0.717, 1.165) is 0 Å². The Labute approximate surface area is 143 Å². The molecule has 0 aromatic heterocycles. The third-order valence-corrected chi connectivity index (χ3v) is 3.40. The first-order valence-electron chi connectivity index (χ1n) is 7.13. The van der Waals surface area contributed by atoms with Crippen LogP contribution in [0.25, 0.3) is 6.08 Å². The summed E-state index contributed by atoms with van der Waals surface area (Å²) in [5, 5.41) is 20.4. The molecule has 7 nitrogen and oxygen atoms in total. The van der Waals surface area contributed by atoms with Gasteiger partial charge < -0.3 is 9.47 Å². The van der Waals surface area contributed by atoms with E-state index in [2.05, 4.69) is 0 Å². The molecule has 0 aliphatic heterocycles. The average Bonchev–Trinajstić information content (AvgIpc) is 2.65. The predicted octanol–water partition coefficient (Wildman–Crippen LogP) is 3.40. The van der Waals surface area contributed by atoms with Crippen molar-refractivity contribution in [3.8, 4) is 17.6 Å². The minimum atomic E-state index is -0.593. The number of methoxy groups -OCH3 is 2. The van der Waals surface area contributed by atoms with Crippen molar-refractivity contribution in [3.05, 3.63) is 69.3 Å². The first kappa shape index (κ1) is 17.7. The number of benzene rings is 2. The van der Waals surface area contributed by atoms with Crippen LogP contribution in [0.2, 0.25) is 0 Å². The normalized spacial score (nSPS) is 10.7. The van der Waals surface area contributed by atoms with Gasteiger partial charge in [0.25, 0.3) is 5.69 Å². The van der Waals surface area contributed by atoms with Crippen LogP contribution in [-0.4, -0.2) is 24.9 Å². The van der Waals surface area contributed by atoms with Crippen molar-refractivity contribution in [1.29, 1.82) is 5.26 Å². The Morgan fingerprint density at radius 1 is 1.20 bits per heavy atom. The summed E-state index contributed by atoms with van der Waals surface area (Å²) in [7, 11) is 2.71. The van der Waals surface area contributed by atoms with Crippen molar-refractivity contribution < 1.29 is 19.2 Å². The van der Waals surface area contributed by atoms with E-state index in [1.807, 2.05) is 6.07 Å². The van der Waals surface area contributed by atoms with Crippen molar-refractivity contribution in [3.63, 3.8) is 0 Å². The van der Waals surface area contributed by atoms with Crippen molar-refractivity contribution in [1.82, 2.24) is 0 Å². The first-order valence-corrected chi connectivity index (χ1v) is 7.13. The summed E-state index contributed by atoms with van der Waals surface area (Å²) in [5.74, 6) is -0.162. The van der Waals surface area contributed by atoms with Crippen LogP contribution in [-0.2, 0) is 0 Å². The molecule has 0 fully saturated rings. The molecule has 7 heteroatoms. The maximum Gasteiger partial charge on any atom is 0.274 e. The summed E-state index contributed by atoms with van der Waals surface area (Å²) < 4.78 is 10.3. The van der Waals surface area contributed by atoms with Crippen LogP contribution < -0.4 is 9.47 Å². The van der Waals surface area contributed by atoms with Gasteiger partial charge in [-0.2, -0.15) is 5.26 Å². The van der Waals surface area contributed by atoms with Crippen LogP contribution in [0.1, 0.15) is 15.9 Å². The van der Waals surface area contributed by atoms with Gasteiger partial charge in [-0.15, -0.1) is 0 Å². The predicted molar refractivity (Wildman–Crippen MR) is 90.6 cm³/mol. The van der Waals surface area contributed by atoms with E-state index in [-0.39, 0.29) is 28.3 Å². The molecule has 2 aromatic carbocycles. The fourth-order valence-corrected chi connectivity index (χ4v) is 2.24. The number of ether oxygens (including phenoxy) is 2. The van der Waals surface area contributed by atoms with E-state index < -0.39 is 10.7 Å². The lowest BCUT2D eigenvalue weighted by atomic mass is 10.0. The van der Waals surface area contributed by atoms with Crippen molar-refractivity contribution in [2.75, 3.05) is 14.2 Å². The van der Waals surface area contributed by atoms with Gasteiger partial charge >= 0.3 is 0 Å². The number of allylic oxidation sites excluding steroid dienone is 1. The number of rotatable bonds is 6. The zero-order chi connectivity index (χ0) is 18.4. The quantitative estimate of drug-likeness (QED) is 0.263. The van der Waals surface area contributed by atoms with E-state index in [1.165, 1.54) is 32.4 Å². The molecule has 0 unspecified atom stereocenters.